The fraction of sp³-hybridized carbons (Fsp3) is 0.385. The Morgan fingerprint density at radius 3 is 2.88 bits per heavy atom. The predicted molar refractivity (Wildman–Crippen MR) is 71.4 cm³/mol. The standard InChI is InChI=1S/C13H18BrNO/c1-10(2)6-7-15-9-13(16)11-4-3-5-12(14)8-11/h3-6,8,13,15-16H,7,9H2,1-2H3. The summed E-state index contributed by atoms with van der Waals surface area (Å²) in [5, 5.41) is 13.1. The molecule has 2 nitrogen and oxygen atoms in total. The summed E-state index contributed by atoms with van der Waals surface area (Å²) in [5.41, 5.74) is 2.21. The molecule has 2 N–H and O–H groups in total. The molecule has 0 heterocycles. The van der Waals surface area contributed by atoms with E-state index in [1.165, 1.54) is 5.57 Å². The zero-order valence-electron chi connectivity index (χ0n) is 9.70. The predicted octanol–water partition coefficient (Wildman–Crippen LogP) is 3.04. The van der Waals surface area contributed by atoms with Crippen molar-refractivity contribution in [3.05, 3.63) is 46.0 Å². The highest BCUT2D eigenvalue weighted by Gasteiger charge is 2.06. The smallest absolute Gasteiger partial charge is 0.0914 e. The van der Waals surface area contributed by atoms with E-state index in [-0.39, 0.29) is 0 Å². The molecule has 0 amide bonds. The summed E-state index contributed by atoms with van der Waals surface area (Å²) in [5.74, 6) is 0. The van der Waals surface area contributed by atoms with Crippen molar-refractivity contribution in [1.29, 1.82) is 0 Å². The number of hydrogen-bond acceptors (Lipinski definition) is 2. The summed E-state index contributed by atoms with van der Waals surface area (Å²) in [6.45, 7) is 5.49. The van der Waals surface area contributed by atoms with Crippen molar-refractivity contribution in [2.24, 2.45) is 0 Å². The molecule has 0 bridgehead atoms. The van der Waals surface area contributed by atoms with Gasteiger partial charge in [0.05, 0.1) is 6.10 Å². The maximum absolute atomic E-state index is 9.91. The minimum atomic E-state index is -0.455. The molecule has 88 valence electrons. The molecular weight excluding hydrogens is 266 g/mol. The van der Waals surface area contributed by atoms with Crippen LogP contribution in [0.25, 0.3) is 0 Å². The lowest BCUT2D eigenvalue weighted by molar-refractivity contribution is 0.176. The molecule has 3 heteroatoms. The molecule has 0 aliphatic carbocycles. The fourth-order valence-electron chi connectivity index (χ4n) is 1.33. The highest BCUT2D eigenvalue weighted by atomic mass is 79.9. The number of allylic oxidation sites excluding steroid dienone is 1. The normalized spacial score (nSPS) is 12.2. The van der Waals surface area contributed by atoms with Gasteiger partial charge in [0.15, 0.2) is 0 Å². The van der Waals surface area contributed by atoms with Crippen LogP contribution in [-0.2, 0) is 0 Å². The molecule has 0 aliphatic rings. The van der Waals surface area contributed by atoms with Crippen LogP contribution in [-0.4, -0.2) is 18.2 Å². The van der Waals surface area contributed by atoms with Gasteiger partial charge >= 0.3 is 0 Å². The Morgan fingerprint density at radius 1 is 1.50 bits per heavy atom. The number of aliphatic hydroxyl groups is 1. The van der Waals surface area contributed by atoms with E-state index in [4.69, 9.17) is 0 Å². The second kappa shape index (κ2) is 6.84. The molecule has 0 aliphatic heterocycles. The van der Waals surface area contributed by atoms with E-state index in [9.17, 15) is 5.11 Å². The highest BCUT2D eigenvalue weighted by Crippen LogP contribution is 2.17. The largest absolute Gasteiger partial charge is 0.387 e. The molecule has 1 aromatic rings. The summed E-state index contributed by atoms with van der Waals surface area (Å²) >= 11 is 3.39. The Morgan fingerprint density at radius 2 is 2.25 bits per heavy atom. The lowest BCUT2D eigenvalue weighted by Gasteiger charge is -2.11. The van der Waals surface area contributed by atoms with Crippen LogP contribution in [0.1, 0.15) is 25.5 Å². The van der Waals surface area contributed by atoms with Gasteiger partial charge in [-0.2, -0.15) is 0 Å². The fourth-order valence-corrected chi connectivity index (χ4v) is 1.75. The molecular formula is C13H18BrNO. The summed E-state index contributed by atoms with van der Waals surface area (Å²) < 4.78 is 0.994. The van der Waals surface area contributed by atoms with E-state index in [0.29, 0.717) is 6.54 Å². The van der Waals surface area contributed by atoms with E-state index in [1.54, 1.807) is 0 Å². The van der Waals surface area contributed by atoms with Gasteiger partial charge in [-0.25, -0.2) is 0 Å². The zero-order chi connectivity index (χ0) is 12.0. The zero-order valence-corrected chi connectivity index (χ0v) is 11.3. The number of benzene rings is 1. The molecule has 1 atom stereocenters. The summed E-state index contributed by atoms with van der Waals surface area (Å²) in [6.07, 6.45) is 1.65. The second-order valence-corrected chi connectivity index (χ2v) is 4.93. The van der Waals surface area contributed by atoms with Gasteiger partial charge in [-0.05, 0) is 31.5 Å². The van der Waals surface area contributed by atoms with Crippen molar-refractivity contribution >= 4 is 15.9 Å². The third-order valence-corrected chi connectivity index (χ3v) is 2.72. The third kappa shape index (κ3) is 4.92. The van der Waals surface area contributed by atoms with Crippen LogP contribution < -0.4 is 5.32 Å². The maximum atomic E-state index is 9.91. The first kappa shape index (κ1) is 13.4. The summed E-state index contributed by atoms with van der Waals surface area (Å²) in [4.78, 5) is 0. The first-order chi connectivity index (χ1) is 7.59. The van der Waals surface area contributed by atoms with Gasteiger partial charge < -0.3 is 10.4 Å². The Balaban J connectivity index is 2.41. The van der Waals surface area contributed by atoms with E-state index in [2.05, 4.69) is 41.2 Å². The SMILES string of the molecule is CC(C)=CCNCC(O)c1cccc(Br)c1. The van der Waals surface area contributed by atoms with Crippen molar-refractivity contribution < 1.29 is 5.11 Å². The first-order valence-corrected chi connectivity index (χ1v) is 6.16. The summed E-state index contributed by atoms with van der Waals surface area (Å²) in [6, 6.07) is 7.75. The quantitative estimate of drug-likeness (QED) is 0.643. The highest BCUT2D eigenvalue weighted by molar-refractivity contribution is 9.10. The molecule has 0 spiro atoms. The molecule has 16 heavy (non-hydrogen) atoms. The van der Waals surface area contributed by atoms with Crippen LogP contribution in [0.4, 0.5) is 0 Å². The lowest BCUT2D eigenvalue weighted by Crippen LogP contribution is -2.21. The Kier molecular flexibility index (Phi) is 5.74. The maximum Gasteiger partial charge on any atom is 0.0914 e. The van der Waals surface area contributed by atoms with Crippen LogP contribution in [0.5, 0.6) is 0 Å². The second-order valence-electron chi connectivity index (χ2n) is 4.01. The summed E-state index contributed by atoms with van der Waals surface area (Å²) in [7, 11) is 0. The van der Waals surface area contributed by atoms with Gasteiger partial charge in [-0.1, -0.05) is 39.7 Å². The van der Waals surface area contributed by atoms with Crippen LogP contribution in [0.2, 0.25) is 0 Å². The number of aliphatic hydroxyl groups excluding tert-OH is 1. The van der Waals surface area contributed by atoms with E-state index in [0.717, 1.165) is 16.6 Å². The molecule has 0 aromatic heterocycles. The van der Waals surface area contributed by atoms with E-state index < -0.39 is 6.10 Å². The minimum Gasteiger partial charge on any atom is -0.387 e. The van der Waals surface area contributed by atoms with Crippen molar-refractivity contribution in [1.82, 2.24) is 5.32 Å². The topological polar surface area (TPSA) is 32.3 Å². The third-order valence-electron chi connectivity index (χ3n) is 2.23. The van der Waals surface area contributed by atoms with Gasteiger partial charge in [-0.3, -0.25) is 0 Å². The lowest BCUT2D eigenvalue weighted by atomic mass is 10.1. The Labute approximate surface area is 106 Å². The van der Waals surface area contributed by atoms with Crippen LogP contribution in [0, 0.1) is 0 Å². The minimum absolute atomic E-state index is 0.455. The van der Waals surface area contributed by atoms with Crippen molar-refractivity contribution in [2.75, 3.05) is 13.1 Å². The van der Waals surface area contributed by atoms with Gasteiger partial charge in [0.25, 0.3) is 0 Å². The van der Waals surface area contributed by atoms with Gasteiger partial charge in [-0.15, -0.1) is 0 Å². The number of hydrogen-bond donors (Lipinski definition) is 2. The Hall–Kier alpha value is -0.640. The van der Waals surface area contributed by atoms with Crippen molar-refractivity contribution in [3.8, 4) is 0 Å². The van der Waals surface area contributed by atoms with Crippen molar-refractivity contribution in [2.45, 2.75) is 20.0 Å². The van der Waals surface area contributed by atoms with Crippen LogP contribution >= 0.6 is 15.9 Å². The van der Waals surface area contributed by atoms with Crippen molar-refractivity contribution in [3.63, 3.8) is 0 Å². The number of nitrogens with one attached hydrogen (secondary N) is 1. The van der Waals surface area contributed by atoms with Crippen LogP contribution in [0.15, 0.2) is 40.4 Å². The van der Waals surface area contributed by atoms with Crippen LogP contribution in [0.3, 0.4) is 0 Å². The van der Waals surface area contributed by atoms with E-state index in [1.807, 2.05) is 24.3 Å². The number of rotatable bonds is 5. The molecule has 0 saturated carbocycles. The monoisotopic (exact) mass is 283 g/mol. The Bertz CT molecular complexity index is 359. The van der Waals surface area contributed by atoms with E-state index >= 15 is 0 Å². The first-order valence-electron chi connectivity index (χ1n) is 5.37. The molecule has 1 unspecified atom stereocenters. The molecule has 0 saturated heterocycles. The van der Waals surface area contributed by atoms with Gasteiger partial charge in [0, 0.05) is 17.6 Å². The molecule has 0 fully saturated rings. The van der Waals surface area contributed by atoms with Gasteiger partial charge in [0.2, 0.25) is 0 Å². The average Bonchev–Trinajstić information content (AvgIpc) is 2.24. The van der Waals surface area contributed by atoms with Gasteiger partial charge in [0.1, 0.15) is 0 Å². The average molecular weight is 284 g/mol. The molecule has 1 aromatic carbocycles. The number of halogens is 1. The molecule has 0 radical (unpaired) electrons. The molecule has 1 rings (SSSR count).